The fourth-order valence-electron chi connectivity index (χ4n) is 1.84. The summed E-state index contributed by atoms with van der Waals surface area (Å²) in [6.45, 7) is 11.1. The normalized spacial score (nSPS) is 12.6. The summed E-state index contributed by atoms with van der Waals surface area (Å²) in [6, 6.07) is 6.50. The first kappa shape index (κ1) is 14.6. The maximum atomic E-state index is 5.44. The van der Waals surface area contributed by atoms with Crippen LogP contribution >= 0.6 is 15.9 Å². The van der Waals surface area contributed by atoms with E-state index < -0.39 is 0 Å². The molecule has 0 N–H and O–H groups in total. The number of methoxy groups -OCH3 is 1. The highest BCUT2D eigenvalue weighted by molar-refractivity contribution is 9.10. The van der Waals surface area contributed by atoms with E-state index in [0.29, 0.717) is 0 Å². The van der Waals surface area contributed by atoms with Crippen molar-refractivity contribution in [2.75, 3.05) is 7.11 Å². The maximum Gasteiger partial charge on any atom is 0.122 e. The molecule has 0 heterocycles. The largest absolute Gasteiger partial charge is 0.496 e. The summed E-state index contributed by atoms with van der Waals surface area (Å²) in [5, 5.41) is 0. The second-order valence-electron chi connectivity index (χ2n) is 6.17. The molecule has 0 aliphatic heterocycles. The molecule has 2 heteroatoms. The van der Waals surface area contributed by atoms with E-state index >= 15 is 0 Å². The molecule has 0 amide bonds. The van der Waals surface area contributed by atoms with Gasteiger partial charge in [0, 0.05) is 4.32 Å². The molecule has 1 aromatic carbocycles. The number of rotatable bonds is 3. The highest BCUT2D eigenvalue weighted by Crippen LogP contribution is 2.32. The first-order chi connectivity index (χ1) is 7.63. The predicted octanol–water partition coefficient (Wildman–Crippen LogP) is 4.71. The summed E-state index contributed by atoms with van der Waals surface area (Å²) >= 11 is 3.70. The molecule has 17 heavy (non-hydrogen) atoms. The van der Waals surface area contributed by atoms with Crippen molar-refractivity contribution in [3.8, 4) is 5.75 Å². The molecular weight excluding hydrogens is 276 g/mol. The van der Waals surface area contributed by atoms with Gasteiger partial charge in [-0.25, -0.2) is 0 Å². The smallest absolute Gasteiger partial charge is 0.122 e. The highest BCUT2D eigenvalue weighted by atomic mass is 79.9. The number of benzene rings is 1. The van der Waals surface area contributed by atoms with Crippen LogP contribution in [0.1, 0.15) is 45.7 Å². The van der Waals surface area contributed by atoms with E-state index in [1.807, 2.05) is 0 Å². The van der Waals surface area contributed by atoms with Crippen LogP contribution in [-0.2, 0) is 11.8 Å². The monoisotopic (exact) mass is 298 g/mol. The van der Waals surface area contributed by atoms with Crippen molar-refractivity contribution in [2.45, 2.75) is 50.8 Å². The number of ether oxygens (including phenoxy) is 1. The van der Waals surface area contributed by atoms with E-state index in [-0.39, 0.29) is 9.74 Å². The predicted molar refractivity (Wildman–Crippen MR) is 78.4 cm³/mol. The average molecular weight is 299 g/mol. The minimum Gasteiger partial charge on any atom is -0.496 e. The minimum atomic E-state index is 0.0940. The second kappa shape index (κ2) is 5.01. The van der Waals surface area contributed by atoms with Crippen molar-refractivity contribution < 1.29 is 4.74 Å². The van der Waals surface area contributed by atoms with Gasteiger partial charge in [-0.3, -0.25) is 0 Å². The average Bonchev–Trinajstić information content (AvgIpc) is 2.13. The fraction of sp³-hybridized carbons (Fsp3) is 0.600. The summed E-state index contributed by atoms with van der Waals surface area (Å²) < 4.78 is 5.53. The van der Waals surface area contributed by atoms with E-state index in [9.17, 15) is 0 Å². The molecule has 0 fully saturated rings. The van der Waals surface area contributed by atoms with E-state index in [1.165, 1.54) is 11.1 Å². The van der Waals surface area contributed by atoms with Gasteiger partial charge < -0.3 is 4.74 Å². The van der Waals surface area contributed by atoms with Gasteiger partial charge >= 0.3 is 0 Å². The van der Waals surface area contributed by atoms with Gasteiger partial charge in [-0.1, -0.05) is 48.8 Å². The van der Waals surface area contributed by atoms with Crippen molar-refractivity contribution in [1.82, 2.24) is 0 Å². The van der Waals surface area contributed by atoms with Gasteiger partial charge in [0.15, 0.2) is 0 Å². The Balaban J connectivity index is 3.16. The molecule has 0 aliphatic carbocycles. The molecule has 0 saturated carbocycles. The lowest BCUT2D eigenvalue weighted by molar-refractivity contribution is 0.407. The van der Waals surface area contributed by atoms with Crippen molar-refractivity contribution in [2.24, 2.45) is 0 Å². The molecule has 0 aliphatic rings. The Morgan fingerprint density at radius 2 is 1.71 bits per heavy atom. The van der Waals surface area contributed by atoms with Crippen LogP contribution in [0.2, 0.25) is 0 Å². The lowest BCUT2D eigenvalue weighted by Gasteiger charge is -2.23. The summed E-state index contributed by atoms with van der Waals surface area (Å²) in [5.74, 6) is 0.977. The Hall–Kier alpha value is -0.500. The minimum absolute atomic E-state index is 0.0940. The fourth-order valence-corrected chi connectivity index (χ4v) is 2.14. The second-order valence-corrected chi connectivity index (χ2v) is 8.32. The molecule has 0 saturated heterocycles. The molecule has 0 atom stereocenters. The SMILES string of the molecule is COc1ccc(C(C)(C)C)cc1CC(C)(C)Br. The van der Waals surface area contributed by atoms with Crippen LogP contribution in [-0.4, -0.2) is 11.4 Å². The van der Waals surface area contributed by atoms with Gasteiger partial charge in [0.1, 0.15) is 5.75 Å². The molecule has 0 radical (unpaired) electrons. The molecule has 0 aromatic heterocycles. The quantitative estimate of drug-likeness (QED) is 0.735. The van der Waals surface area contributed by atoms with E-state index in [0.717, 1.165) is 12.2 Å². The van der Waals surface area contributed by atoms with E-state index in [2.05, 4.69) is 68.7 Å². The molecule has 0 spiro atoms. The Labute approximate surface area is 114 Å². The number of halogens is 1. The van der Waals surface area contributed by atoms with Crippen LogP contribution < -0.4 is 4.74 Å². The molecule has 1 nitrogen and oxygen atoms in total. The van der Waals surface area contributed by atoms with Crippen LogP contribution in [0.25, 0.3) is 0 Å². The summed E-state index contributed by atoms with van der Waals surface area (Å²) in [6.07, 6.45) is 0.958. The number of hydrogen-bond donors (Lipinski definition) is 0. The third-order valence-electron chi connectivity index (χ3n) is 2.76. The van der Waals surface area contributed by atoms with Gasteiger partial charge in [0.25, 0.3) is 0 Å². The summed E-state index contributed by atoms with van der Waals surface area (Å²) in [7, 11) is 1.73. The first-order valence-electron chi connectivity index (χ1n) is 6.00. The van der Waals surface area contributed by atoms with E-state index in [1.54, 1.807) is 7.11 Å². The molecular formula is C15H23BrO. The molecule has 0 bridgehead atoms. The van der Waals surface area contributed by atoms with Gasteiger partial charge in [-0.05, 0) is 42.9 Å². The van der Waals surface area contributed by atoms with Crippen LogP contribution in [0.3, 0.4) is 0 Å². The lowest BCUT2D eigenvalue weighted by Crippen LogP contribution is -2.16. The topological polar surface area (TPSA) is 9.23 Å². The maximum absolute atomic E-state index is 5.44. The molecule has 96 valence electrons. The molecule has 0 unspecified atom stereocenters. The van der Waals surface area contributed by atoms with Crippen LogP contribution in [0.15, 0.2) is 18.2 Å². The van der Waals surface area contributed by atoms with Crippen molar-refractivity contribution in [3.05, 3.63) is 29.3 Å². The molecule has 1 rings (SSSR count). The Morgan fingerprint density at radius 1 is 1.12 bits per heavy atom. The third kappa shape index (κ3) is 4.34. The summed E-state index contributed by atoms with van der Waals surface area (Å²) in [4.78, 5) is 0. The summed E-state index contributed by atoms with van der Waals surface area (Å²) in [5.41, 5.74) is 2.80. The van der Waals surface area contributed by atoms with E-state index in [4.69, 9.17) is 4.74 Å². The van der Waals surface area contributed by atoms with Crippen molar-refractivity contribution >= 4 is 15.9 Å². The zero-order valence-corrected chi connectivity index (χ0v) is 13.3. The van der Waals surface area contributed by atoms with Gasteiger partial charge in [0.2, 0.25) is 0 Å². The van der Waals surface area contributed by atoms with Gasteiger partial charge in [0.05, 0.1) is 7.11 Å². The number of alkyl halides is 1. The first-order valence-corrected chi connectivity index (χ1v) is 6.79. The number of hydrogen-bond acceptors (Lipinski definition) is 1. The van der Waals surface area contributed by atoms with Gasteiger partial charge in [-0.15, -0.1) is 0 Å². The van der Waals surface area contributed by atoms with Gasteiger partial charge in [-0.2, -0.15) is 0 Å². The van der Waals surface area contributed by atoms with Crippen LogP contribution in [0, 0.1) is 0 Å². The highest BCUT2D eigenvalue weighted by Gasteiger charge is 2.20. The van der Waals surface area contributed by atoms with Crippen molar-refractivity contribution in [3.63, 3.8) is 0 Å². The Morgan fingerprint density at radius 3 is 2.12 bits per heavy atom. The standard InChI is InChI=1S/C15H23BrO/c1-14(2,3)12-7-8-13(17-6)11(9-12)10-15(4,5)16/h7-9H,10H2,1-6H3. The van der Waals surface area contributed by atoms with Crippen LogP contribution in [0.4, 0.5) is 0 Å². The van der Waals surface area contributed by atoms with Crippen LogP contribution in [0.5, 0.6) is 5.75 Å². The molecule has 1 aromatic rings. The zero-order chi connectivity index (χ0) is 13.3. The Kier molecular flexibility index (Phi) is 4.29. The Bertz CT molecular complexity index is 383. The third-order valence-corrected chi connectivity index (χ3v) is 3.04. The zero-order valence-electron chi connectivity index (χ0n) is 11.7. The lowest BCUT2D eigenvalue weighted by atomic mass is 9.85. The van der Waals surface area contributed by atoms with Crippen molar-refractivity contribution in [1.29, 1.82) is 0 Å².